The molecule has 2 aromatic carbocycles. The van der Waals surface area contributed by atoms with Gasteiger partial charge < -0.3 is 5.73 Å². The number of para-hydroxylation sites is 1. The molecular formula is C19H12N2. The maximum absolute atomic E-state index is 8.94. The van der Waals surface area contributed by atoms with Crippen LogP contribution in [-0.4, -0.2) is 0 Å². The Morgan fingerprint density at radius 3 is 1.90 bits per heavy atom. The van der Waals surface area contributed by atoms with E-state index in [0.29, 0.717) is 16.8 Å². The summed E-state index contributed by atoms with van der Waals surface area (Å²) in [6, 6.07) is 16.8. The van der Waals surface area contributed by atoms with Crippen LogP contribution in [0.1, 0.15) is 16.7 Å². The molecule has 0 radical (unpaired) electrons. The van der Waals surface area contributed by atoms with Crippen molar-refractivity contribution in [2.24, 2.45) is 0 Å². The Bertz CT molecular complexity index is 831. The predicted octanol–water partition coefficient (Wildman–Crippen LogP) is 3.10. The molecule has 0 aromatic heterocycles. The van der Waals surface area contributed by atoms with Crippen molar-refractivity contribution in [3.63, 3.8) is 0 Å². The Hall–Kier alpha value is -3.41. The second-order valence-corrected chi connectivity index (χ2v) is 4.12. The molecule has 21 heavy (non-hydrogen) atoms. The lowest BCUT2D eigenvalue weighted by atomic mass is 10.1. The van der Waals surface area contributed by atoms with Gasteiger partial charge in [-0.3, -0.25) is 0 Å². The minimum Gasteiger partial charge on any atom is -0.398 e. The molecule has 2 heteroatoms. The van der Waals surface area contributed by atoms with E-state index in [1.54, 1.807) is 18.2 Å². The topological polar surface area (TPSA) is 49.8 Å². The molecule has 0 fully saturated rings. The zero-order valence-corrected chi connectivity index (χ0v) is 11.3. The highest BCUT2D eigenvalue weighted by molar-refractivity contribution is 5.56. The number of nitrogens with two attached hydrogens (primary N) is 1. The molecule has 0 spiro atoms. The Kier molecular flexibility index (Phi) is 4.83. The number of allylic oxidation sites excluding steroid dienone is 2. The van der Waals surface area contributed by atoms with E-state index in [1.807, 2.05) is 42.5 Å². The van der Waals surface area contributed by atoms with Gasteiger partial charge in [0.1, 0.15) is 6.07 Å². The van der Waals surface area contributed by atoms with Gasteiger partial charge >= 0.3 is 0 Å². The molecule has 0 aliphatic heterocycles. The van der Waals surface area contributed by atoms with E-state index in [9.17, 15) is 0 Å². The number of benzene rings is 2. The number of rotatable bonds is 0. The third kappa shape index (κ3) is 4.03. The fourth-order valence-electron chi connectivity index (χ4n) is 1.62. The van der Waals surface area contributed by atoms with E-state index in [-0.39, 0.29) is 0 Å². The molecule has 0 heterocycles. The van der Waals surface area contributed by atoms with Crippen LogP contribution >= 0.6 is 0 Å². The molecule has 0 unspecified atom stereocenters. The minimum atomic E-state index is 0.571. The van der Waals surface area contributed by atoms with Crippen LogP contribution in [0.25, 0.3) is 0 Å². The second-order valence-electron chi connectivity index (χ2n) is 4.12. The van der Waals surface area contributed by atoms with E-state index < -0.39 is 0 Å². The normalized spacial score (nSPS) is 9.10. The lowest BCUT2D eigenvalue weighted by Gasteiger charge is -1.93. The lowest BCUT2D eigenvalue weighted by Crippen LogP contribution is -1.87. The number of nitrogens with zero attached hydrogens (tertiary/aromatic N) is 1. The van der Waals surface area contributed by atoms with E-state index in [1.165, 1.54) is 0 Å². The molecule has 2 aromatic rings. The van der Waals surface area contributed by atoms with Crippen molar-refractivity contribution in [1.29, 1.82) is 5.26 Å². The van der Waals surface area contributed by atoms with Gasteiger partial charge in [0.25, 0.3) is 0 Å². The number of hydrogen-bond acceptors (Lipinski definition) is 2. The van der Waals surface area contributed by atoms with Crippen molar-refractivity contribution in [2.45, 2.75) is 0 Å². The standard InChI is InChI=1S/C19H12N2/c20-15-18-13-6-5-10-16(18)9-3-1-2-4-11-17-12-7-8-14-19(17)21/h1-2,5-8,10,12-14H,21H2/b2-1+. The van der Waals surface area contributed by atoms with Crippen LogP contribution < -0.4 is 5.73 Å². The van der Waals surface area contributed by atoms with Crippen molar-refractivity contribution in [1.82, 2.24) is 0 Å². The van der Waals surface area contributed by atoms with Crippen molar-refractivity contribution in [2.75, 3.05) is 5.73 Å². The zero-order chi connectivity index (χ0) is 14.9. The molecular weight excluding hydrogens is 256 g/mol. The molecule has 0 bridgehead atoms. The van der Waals surface area contributed by atoms with Gasteiger partial charge in [-0.1, -0.05) is 47.9 Å². The van der Waals surface area contributed by atoms with Crippen LogP contribution in [0.5, 0.6) is 0 Å². The van der Waals surface area contributed by atoms with Gasteiger partial charge in [-0.05, 0) is 36.4 Å². The van der Waals surface area contributed by atoms with Gasteiger partial charge in [0.05, 0.1) is 5.56 Å². The van der Waals surface area contributed by atoms with Gasteiger partial charge in [0.15, 0.2) is 0 Å². The van der Waals surface area contributed by atoms with Crippen molar-refractivity contribution < 1.29 is 0 Å². The van der Waals surface area contributed by atoms with Crippen molar-refractivity contribution in [3.05, 3.63) is 77.4 Å². The summed E-state index contributed by atoms with van der Waals surface area (Å²) in [6.45, 7) is 0. The van der Waals surface area contributed by atoms with Crippen molar-refractivity contribution in [3.8, 4) is 29.8 Å². The summed E-state index contributed by atoms with van der Waals surface area (Å²) in [5, 5.41) is 8.94. The highest BCUT2D eigenvalue weighted by Gasteiger charge is 1.94. The van der Waals surface area contributed by atoms with Crippen LogP contribution in [-0.2, 0) is 0 Å². The van der Waals surface area contributed by atoms with Gasteiger partial charge in [-0.15, -0.1) is 0 Å². The fourth-order valence-corrected chi connectivity index (χ4v) is 1.62. The summed E-state index contributed by atoms with van der Waals surface area (Å²) in [5.74, 6) is 11.6. The molecule has 0 aliphatic carbocycles. The third-order valence-corrected chi connectivity index (χ3v) is 2.67. The summed E-state index contributed by atoms with van der Waals surface area (Å²) in [4.78, 5) is 0. The van der Waals surface area contributed by atoms with Crippen LogP contribution in [0, 0.1) is 35.0 Å². The molecule has 0 saturated carbocycles. The second kappa shape index (κ2) is 7.25. The summed E-state index contributed by atoms with van der Waals surface area (Å²) >= 11 is 0. The zero-order valence-electron chi connectivity index (χ0n) is 11.3. The largest absolute Gasteiger partial charge is 0.398 e. The maximum Gasteiger partial charge on any atom is 0.100 e. The SMILES string of the molecule is N#Cc1ccccc1C#C/C=C/C#Cc1ccccc1N. The molecule has 2 nitrogen and oxygen atoms in total. The summed E-state index contributed by atoms with van der Waals surface area (Å²) < 4.78 is 0. The maximum atomic E-state index is 8.94. The Morgan fingerprint density at radius 2 is 1.29 bits per heavy atom. The van der Waals surface area contributed by atoms with Crippen LogP contribution in [0.15, 0.2) is 60.7 Å². The molecule has 0 atom stereocenters. The quantitative estimate of drug-likeness (QED) is 0.589. The van der Waals surface area contributed by atoms with Crippen molar-refractivity contribution >= 4 is 5.69 Å². The lowest BCUT2D eigenvalue weighted by molar-refractivity contribution is 1.47. The molecule has 0 amide bonds. The molecule has 0 saturated heterocycles. The molecule has 0 aliphatic rings. The van der Waals surface area contributed by atoms with Gasteiger partial charge in [-0.25, -0.2) is 0 Å². The average Bonchev–Trinajstić information content (AvgIpc) is 2.52. The summed E-state index contributed by atoms with van der Waals surface area (Å²) in [5.41, 5.74) is 8.52. The smallest absolute Gasteiger partial charge is 0.100 e. The summed E-state index contributed by atoms with van der Waals surface area (Å²) in [6.07, 6.45) is 3.31. The first-order valence-electron chi connectivity index (χ1n) is 6.33. The molecule has 98 valence electrons. The first kappa shape index (κ1) is 14.0. The average molecular weight is 268 g/mol. The van der Waals surface area contributed by atoms with Crippen LogP contribution in [0.2, 0.25) is 0 Å². The Balaban J connectivity index is 2.07. The van der Waals surface area contributed by atoms with E-state index >= 15 is 0 Å². The van der Waals surface area contributed by atoms with E-state index in [2.05, 4.69) is 29.8 Å². The number of nitrogen functional groups attached to an aromatic ring is 1. The number of nitriles is 1. The fraction of sp³-hybridized carbons (Fsp3) is 0. The number of anilines is 1. The highest BCUT2D eigenvalue weighted by atomic mass is 14.5. The Labute approximate surface area is 124 Å². The molecule has 2 N–H and O–H groups in total. The van der Waals surface area contributed by atoms with Gasteiger partial charge in [-0.2, -0.15) is 5.26 Å². The van der Waals surface area contributed by atoms with Crippen LogP contribution in [0.3, 0.4) is 0 Å². The van der Waals surface area contributed by atoms with E-state index in [4.69, 9.17) is 11.0 Å². The Morgan fingerprint density at radius 1 is 0.762 bits per heavy atom. The molecule has 2 rings (SSSR count). The first-order valence-corrected chi connectivity index (χ1v) is 6.33. The van der Waals surface area contributed by atoms with Crippen LogP contribution in [0.4, 0.5) is 5.69 Å². The monoisotopic (exact) mass is 268 g/mol. The third-order valence-electron chi connectivity index (χ3n) is 2.67. The predicted molar refractivity (Wildman–Crippen MR) is 84.9 cm³/mol. The minimum absolute atomic E-state index is 0.571. The van der Waals surface area contributed by atoms with Gasteiger partial charge in [0, 0.05) is 16.8 Å². The van der Waals surface area contributed by atoms with Gasteiger partial charge in [0.2, 0.25) is 0 Å². The first-order chi connectivity index (χ1) is 10.3. The highest BCUT2D eigenvalue weighted by Crippen LogP contribution is 2.07. The number of hydrogen-bond donors (Lipinski definition) is 1. The summed E-state index contributed by atoms with van der Waals surface area (Å²) in [7, 11) is 0. The van der Waals surface area contributed by atoms with E-state index in [0.717, 1.165) is 5.56 Å².